The molecule has 2 aromatic carbocycles. The minimum absolute atomic E-state index is 0.106. The van der Waals surface area contributed by atoms with Crippen molar-refractivity contribution in [2.45, 2.75) is 12.8 Å². The van der Waals surface area contributed by atoms with Gasteiger partial charge in [0.2, 0.25) is 6.79 Å². The van der Waals surface area contributed by atoms with Crippen LogP contribution in [-0.2, 0) is 6.42 Å². The Kier molecular flexibility index (Phi) is 2.99. The molecule has 0 N–H and O–H groups in total. The number of hydrogen-bond acceptors (Lipinski definition) is 3. The molecule has 0 bridgehead atoms. The van der Waals surface area contributed by atoms with Gasteiger partial charge in [0.15, 0.2) is 11.5 Å². The molecule has 5 heteroatoms. The van der Waals surface area contributed by atoms with E-state index in [0.29, 0.717) is 23.6 Å². The van der Waals surface area contributed by atoms with Crippen molar-refractivity contribution in [3.05, 3.63) is 53.3 Å². The molecule has 1 amide bonds. The summed E-state index contributed by atoms with van der Waals surface area (Å²) in [7, 11) is 0. The zero-order valence-electron chi connectivity index (χ0n) is 11.8. The Morgan fingerprint density at radius 1 is 1.09 bits per heavy atom. The summed E-state index contributed by atoms with van der Waals surface area (Å²) in [5.74, 6) is 0.863. The molecular formula is C17H14FNO3. The topological polar surface area (TPSA) is 38.8 Å². The van der Waals surface area contributed by atoms with Crippen LogP contribution in [0, 0.1) is 5.82 Å². The average molecular weight is 299 g/mol. The number of hydrogen-bond donors (Lipinski definition) is 0. The summed E-state index contributed by atoms with van der Waals surface area (Å²) < 4.78 is 23.9. The normalized spacial score (nSPS) is 15.6. The van der Waals surface area contributed by atoms with E-state index in [4.69, 9.17) is 9.47 Å². The number of anilines is 1. The van der Waals surface area contributed by atoms with Crippen LogP contribution < -0.4 is 14.4 Å². The fourth-order valence-corrected chi connectivity index (χ4v) is 2.96. The summed E-state index contributed by atoms with van der Waals surface area (Å²) in [6.07, 6.45) is 1.62. The number of fused-ring (bicyclic) bond motifs is 2. The molecule has 0 aromatic heterocycles. The van der Waals surface area contributed by atoms with Gasteiger partial charge >= 0.3 is 0 Å². The summed E-state index contributed by atoms with van der Waals surface area (Å²) in [5, 5.41) is 0. The van der Waals surface area contributed by atoms with Gasteiger partial charge in [-0.1, -0.05) is 0 Å². The maximum absolute atomic E-state index is 13.4. The predicted octanol–water partition coefficient (Wildman–Crippen LogP) is 3.15. The van der Waals surface area contributed by atoms with Crippen LogP contribution in [0.25, 0.3) is 0 Å². The third-order valence-electron chi connectivity index (χ3n) is 4.02. The third-order valence-corrected chi connectivity index (χ3v) is 4.02. The van der Waals surface area contributed by atoms with Crippen molar-refractivity contribution in [2.24, 2.45) is 0 Å². The van der Waals surface area contributed by atoms with Crippen LogP contribution >= 0.6 is 0 Å². The van der Waals surface area contributed by atoms with Crippen LogP contribution in [0.5, 0.6) is 11.5 Å². The highest BCUT2D eigenvalue weighted by atomic mass is 19.1. The van der Waals surface area contributed by atoms with Crippen molar-refractivity contribution in [1.82, 2.24) is 0 Å². The minimum atomic E-state index is -0.267. The van der Waals surface area contributed by atoms with Gasteiger partial charge in [-0.05, 0) is 54.8 Å². The first-order valence-corrected chi connectivity index (χ1v) is 7.22. The van der Waals surface area contributed by atoms with Crippen LogP contribution in [-0.4, -0.2) is 19.2 Å². The SMILES string of the molecule is O=C(c1ccc2c(c1)OCO2)N1CCCc2cc(F)ccc21. The lowest BCUT2D eigenvalue weighted by Crippen LogP contribution is -2.35. The zero-order chi connectivity index (χ0) is 15.1. The lowest BCUT2D eigenvalue weighted by molar-refractivity contribution is 0.0984. The maximum Gasteiger partial charge on any atom is 0.258 e. The van der Waals surface area contributed by atoms with E-state index in [0.717, 1.165) is 24.1 Å². The highest BCUT2D eigenvalue weighted by Crippen LogP contribution is 2.34. The monoisotopic (exact) mass is 299 g/mol. The molecule has 4 nitrogen and oxygen atoms in total. The molecule has 0 spiro atoms. The number of carbonyl (C=O) groups is 1. The highest BCUT2D eigenvalue weighted by molar-refractivity contribution is 6.07. The largest absolute Gasteiger partial charge is 0.454 e. The van der Waals surface area contributed by atoms with Gasteiger partial charge in [-0.25, -0.2) is 4.39 Å². The summed E-state index contributed by atoms with van der Waals surface area (Å²) in [6, 6.07) is 9.74. The number of carbonyl (C=O) groups excluding carboxylic acids is 1. The van der Waals surface area contributed by atoms with Gasteiger partial charge in [0, 0.05) is 17.8 Å². The molecule has 2 aliphatic heterocycles. The molecular weight excluding hydrogens is 285 g/mol. The van der Waals surface area contributed by atoms with Crippen LogP contribution in [0.1, 0.15) is 22.3 Å². The van der Waals surface area contributed by atoms with Crippen molar-refractivity contribution in [3.63, 3.8) is 0 Å². The Morgan fingerprint density at radius 3 is 2.86 bits per heavy atom. The van der Waals surface area contributed by atoms with Gasteiger partial charge in [-0.3, -0.25) is 4.79 Å². The van der Waals surface area contributed by atoms with E-state index < -0.39 is 0 Å². The van der Waals surface area contributed by atoms with Crippen molar-refractivity contribution < 1.29 is 18.7 Å². The van der Waals surface area contributed by atoms with E-state index in [-0.39, 0.29) is 18.5 Å². The smallest absolute Gasteiger partial charge is 0.258 e. The quantitative estimate of drug-likeness (QED) is 0.812. The second-order valence-corrected chi connectivity index (χ2v) is 5.40. The molecule has 0 fully saturated rings. The molecule has 0 saturated heterocycles. The van der Waals surface area contributed by atoms with Gasteiger partial charge in [-0.2, -0.15) is 0 Å². The Hall–Kier alpha value is -2.56. The standard InChI is InChI=1S/C17H14FNO3/c18-13-4-5-14-11(8-13)2-1-7-19(14)17(20)12-3-6-15-16(9-12)22-10-21-15/h3-6,8-9H,1-2,7,10H2. The molecule has 0 aliphatic carbocycles. The molecule has 0 saturated carbocycles. The summed E-state index contributed by atoms with van der Waals surface area (Å²) in [6.45, 7) is 0.810. The summed E-state index contributed by atoms with van der Waals surface area (Å²) in [5.41, 5.74) is 2.21. The molecule has 2 aromatic rings. The van der Waals surface area contributed by atoms with Crippen molar-refractivity contribution >= 4 is 11.6 Å². The first-order chi connectivity index (χ1) is 10.7. The number of nitrogens with zero attached hydrogens (tertiary/aromatic N) is 1. The zero-order valence-corrected chi connectivity index (χ0v) is 11.8. The van der Waals surface area contributed by atoms with Crippen LogP contribution in [0.15, 0.2) is 36.4 Å². The van der Waals surface area contributed by atoms with E-state index in [9.17, 15) is 9.18 Å². The van der Waals surface area contributed by atoms with Gasteiger partial charge in [0.1, 0.15) is 5.82 Å². The third kappa shape index (κ3) is 2.09. The number of amides is 1. The molecule has 0 unspecified atom stereocenters. The predicted molar refractivity (Wildman–Crippen MR) is 79.0 cm³/mol. The number of aryl methyl sites for hydroxylation is 1. The molecule has 4 rings (SSSR count). The fourth-order valence-electron chi connectivity index (χ4n) is 2.96. The molecule has 0 radical (unpaired) electrons. The van der Waals surface area contributed by atoms with Crippen molar-refractivity contribution in [3.8, 4) is 11.5 Å². The van der Waals surface area contributed by atoms with E-state index in [1.807, 2.05) is 0 Å². The van der Waals surface area contributed by atoms with Crippen molar-refractivity contribution in [1.29, 1.82) is 0 Å². The highest BCUT2D eigenvalue weighted by Gasteiger charge is 2.25. The lowest BCUT2D eigenvalue weighted by atomic mass is 10.0. The first kappa shape index (κ1) is 13.1. The van der Waals surface area contributed by atoms with Gasteiger partial charge in [-0.15, -0.1) is 0 Å². The minimum Gasteiger partial charge on any atom is -0.454 e. The number of rotatable bonds is 1. The molecule has 22 heavy (non-hydrogen) atoms. The fraction of sp³-hybridized carbons (Fsp3) is 0.235. The number of ether oxygens (including phenoxy) is 2. The van der Waals surface area contributed by atoms with E-state index in [1.54, 1.807) is 29.2 Å². The van der Waals surface area contributed by atoms with Gasteiger partial charge in [0.25, 0.3) is 5.91 Å². The summed E-state index contributed by atoms with van der Waals surface area (Å²) >= 11 is 0. The Morgan fingerprint density at radius 2 is 1.95 bits per heavy atom. The van der Waals surface area contributed by atoms with Gasteiger partial charge < -0.3 is 14.4 Å². The molecule has 112 valence electrons. The second kappa shape index (κ2) is 5.02. The van der Waals surface area contributed by atoms with E-state index >= 15 is 0 Å². The Labute approximate surface area is 127 Å². The summed E-state index contributed by atoms with van der Waals surface area (Å²) in [4.78, 5) is 14.5. The molecule has 2 heterocycles. The van der Waals surface area contributed by atoms with Gasteiger partial charge in [0.05, 0.1) is 0 Å². The van der Waals surface area contributed by atoms with Crippen LogP contribution in [0.4, 0.5) is 10.1 Å². The Balaban J connectivity index is 1.69. The molecule has 2 aliphatic rings. The number of benzene rings is 2. The van der Waals surface area contributed by atoms with E-state index in [2.05, 4.69) is 0 Å². The maximum atomic E-state index is 13.4. The van der Waals surface area contributed by atoms with Crippen molar-refractivity contribution in [2.75, 3.05) is 18.2 Å². The second-order valence-electron chi connectivity index (χ2n) is 5.40. The van der Waals surface area contributed by atoms with E-state index in [1.165, 1.54) is 12.1 Å². The van der Waals surface area contributed by atoms with Crippen LogP contribution in [0.3, 0.4) is 0 Å². The van der Waals surface area contributed by atoms with Crippen LogP contribution in [0.2, 0.25) is 0 Å². The average Bonchev–Trinajstić information content (AvgIpc) is 3.00. The lowest BCUT2D eigenvalue weighted by Gasteiger charge is -2.29. The number of halogens is 1. The molecule has 0 atom stereocenters. The first-order valence-electron chi connectivity index (χ1n) is 7.22. The Bertz CT molecular complexity index is 760.